The van der Waals surface area contributed by atoms with Crippen LogP contribution in [0.25, 0.3) is 0 Å². The lowest BCUT2D eigenvalue weighted by Crippen LogP contribution is -2.43. The van der Waals surface area contributed by atoms with Gasteiger partial charge in [0.2, 0.25) is 5.91 Å². The number of amides is 1. The number of carbonyl (C=O) groups is 1. The number of aryl methyl sites for hydroxylation is 1. The van der Waals surface area contributed by atoms with Gasteiger partial charge in [-0.05, 0) is 71.7 Å². The Morgan fingerprint density at radius 1 is 1.00 bits per heavy atom. The lowest BCUT2D eigenvalue weighted by molar-refractivity contribution is -0.122. The van der Waals surface area contributed by atoms with Gasteiger partial charge in [0.1, 0.15) is 19.0 Å². The number of halogens is 3. The van der Waals surface area contributed by atoms with E-state index in [2.05, 4.69) is 39.0 Å². The number of carbonyl (C=O) groups excluding carboxylic acids is 1. The standard InChI is InChI=1S/C31H36Cl2N2O3.ClH/c1-31(2,3)24-11-14-28-22(19-24)6-5-15-35(28)30(36)23(20-34)18-21-9-12-25(13-10-21)37-16-17-38-29-26(32)7-4-8-27(29)33;/h4,7-14,19,23H,5-6,15-18,20,34H2,1-3H3;1H. The van der Waals surface area contributed by atoms with E-state index in [1.54, 1.807) is 18.2 Å². The number of ether oxygens (including phenoxy) is 2. The van der Waals surface area contributed by atoms with E-state index in [9.17, 15) is 4.79 Å². The molecule has 0 bridgehead atoms. The SMILES string of the molecule is CC(C)(C)c1ccc2c(c1)CCCN2C(=O)C(CN)Cc1ccc(OCCOc2c(Cl)cccc2Cl)cc1.Cl. The van der Waals surface area contributed by atoms with Gasteiger partial charge in [0.15, 0.2) is 5.75 Å². The van der Waals surface area contributed by atoms with Crippen molar-refractivity contribution in [2.75, 3.05) is 31.2 Å². The van der Waals surface area contributed by atoms with E-state index in [0.29, 0.717) is 42.0 Å². The van der Waals surface area contributed by atoms with Crippen LogP contribution in [0.15, 0.2) is 60.7 Å². The third-order valence-corrected chi connectivity index (χ3v) is 7.48. The van der Waals surface area contributed by atoms with Crippen molar-refractivity contribution in [3.05, 3.63) is 87.4 Å². The van der Waals surface area contributed by atoms with E-state index in [0.717, 1.165) is 36.4 Å². The Balaban J connectivity index is 0.00000420. The summed E-state index contributed by atoms with van der Waals surface area (Å²) in [6, 6.07) is 19.5. The summed E-state index contributed by atoms with van der Waals surface area (Å²) >= 11 is 12.3. The zero-order valence-corrected chi connectivity index (χ0v) is 25.0. The van der Waals surface area contributed by atoms with Crippen LogP contribution >= 0.6 is 35.6 Å². The maximum absolute atomic E-state index is 13.6. The zero-order chi connectivity index (χ0) is 27.3. The van der Waals surface area contributed by atoms with Crippen molar-refractivity contribution in [1.29, 1.82) is 0 Å². The molecule has 1 atom stereocenters. The number of anilines is 1. The molecule has 5 nitrogen and oxygen atoms in total. The van der Waals surface area contributed by atoms with Gasteiger partial charge in [0.25, 0.3) is 0 Å². The maximum atomic E-state index is 13.6. The minimum absolute atomic E-state index is 0. The Kier molecular flexibility index (Phi) is 11.0. The van der Waals surface area contributed by atoms with Gasteiger partial charge in [-0.25, -0.2) is 0 Å². The first kappa shape index (κ1) is 31.1. The van der Waals surface area contributed by atoms with Gasteiger partial charge in [-0.2, -0.15) is 0 Å². The van der Waals surface area contributed by atoms with Gasteiger partial charge < -0.3 is 20.1 Å². The molecule has 2 N–H and O–H groups in total. The molecule has 0 radical (unpaired) electrons. The first-order chi connectivity index (χ1) is 18.2. The molecule has 210 valence electrons. The van der Waals surface area contributed by atoms with Crippen molar-refractivity contribution in [2.45, 2.75) is 45.4 Å². The predicted octanol–water partition coefficient (Wildman–Crippen LogP) is 7.27. The number of nitrogens with zero attached hydrogens (tertiary/aromatic N) is 1. The molecule has 1 heterocycles. The highest BCUT2D eigenvalue weighted by Crippen LogP contribution is 2.34. The molecule has 3 aromatic carbocycles. The summed E-state index contributed by atoms with van der Waals surface area (Å²) in [7, 11) is 0. The molecule has 39 heavy (non-hydrogen) atoms. The van der Waals surface area contributed by atoms with Crippen molar-refractivity contribution in [1.82, 2.24) is 0 Å². The predicted molar refractivity (Wildman–Crippen MR) is 163 cm³/mol. The summed E-state index contributed by atoms with van der Waals surface area (Å²) in [5.74, 6) is 0.979. The summed E-state index contributed by atoms with van der Waals surface area (Å²) in [6.45, 7) is 8.32. The van der Waals surface area contributed by atoms with Gasteiger partial charge in [-0.15, -0.1) is 12.4 Å². The third kappa shape index (κ3) is 7.82. The van der Waals surface area contributed by atoms with Crippen LogP contribution < -0.4 is 20.1 Å². The Morgan fingerprint density at radius 3 is 2.31 bits per heavy atom. The van der Waals surface area contributed by atoms with E-state index >= 15 is 0 Å². The van der Waals surface area contributed by atoms with E-state index in [-0.39, 0.29) is 29.6 Å². The number of rotatable bonds is 9. The minimum Gasteiger partial charge on any atom is -0.490 e. The second kappa shape index (κ2) is 13.8. The monoisotopic (exact) mass is 590 g/mol. The largest absolute Gasteiger partial charge is 0.490 e. The van der Waals surface area contributed by atoms with Crippen molar-refractivity contribution in [3.63, 3.8) is 0 Å². The summed E-state index contributed by atoms with van der Waals surface area (Å²) in [5, 5.41) is 0.933. The molecule has 1 unspecified atom stereocenters. The van der Waals surface area contributed by atoms with Gasteiger partial charge in [-0.1, -0.05) is 74.3 Å². The molecule has 8 heteroatoms. The topological polar surface area (TPSA) is 64.8 Å². The Bertz CT molecular complexity index is 1240. The molecule has 0 aliphatic carbocycles. The van der Waals surface area contributed by atoms with Crippen LogP contribution in [-0.4, -0.2) is 32.2 Å². The lowest BCUT2D eigenvalue weighted by Gasteiger charge is -2.33. The summed E-state index contributed by atoms with van der Waals surface area (Å²) in [6.07, 6.45) is 2.53. The van der Waals surface area contributed by atoms with E-state index < -0.39 is 0 Å². The van der Waals surface area contributed by atoms with Crippen molar-refractivity contribution < 1.29 is 14.3 Å². The van der Waals surface area contributed by atoms with Crippen molar-refractivity contribution in [2.24, 2.45) is 11.7 Å². The fourth-order valence-corrected chi connectivity index (χ4v) is 5.22. The zero-order valence-electron chi connectivity index (χ0n) is 22.7. The average molecular weight is 592 g/mol. The number of para-hydroxylation sites is 1. The highest BCUT2D eigenvalue weighted by Gasteiger charge is 2.29. The number of nitrogens with two attached hydrogens (primary N) is 1. The molecule has 3 aromatic rings. The Hall–Kier alpha value is -2.44. The van der Waals surface area contributed by atoms with Gasteiger partial charge in [0.05, 0.1) is 16.0 Å². The fraction of sp³-hybridized carbons (Fsp3) is 0.387. The van der Waals surface area contributed by atoms with Gasteiger partial charge in [-0.3, -0.25) is 4.79 Å². The first-order valence-corrected chi connectivity index (χ1v) is 13.9. The van der Waals surface area contributed by atoms with Crippen LogP contribution in [-0.2, 0) is 23.1 Å². The third-order valence-electron chi connectivity index (χ3n) is 6.89. The second-order valence-electron chi connectivity index (χ2n) is 10.7. The second-order valence-corrected chi connectivity index (χ2v) is 11.5. The summed E-state index contributed by atoms with van der Waals surface area (Å²) < 4.78 is 11.5. The normalized spacial score (nSPS) is 13.7. The maximum Gasteiger partial charge on any atom is 0.231 e. The Morgan fingerprint density at radius 2 is 1.67 bits per heavy atom. The average Bonchev–Trinajstić information content (AvgIpc) is 2.90. The van der Waals surface area contributed by atoms with E-state index in [1.807, 2.05) is 29.2 Å². The molecule has 0 fully saturated rings. The molecular formula is C31H37Cl3N2O3. The minimum atomic E-state index is -0.288. The molecule has 1 amide bonds. The summed E-state index contributed by atoms with van der Waals surface area (Å²) in [4.78, 5) is 15.5. The van der Waals surface area contributed by atoms with Crippen LogP contribution in [0.1, 0.15) is 43.9 Å². The number of fused-ring (bicyclic) bond motifs is 1. The molecule has 0 spiro atoms. The summed E-state index contributed by atoms with van der Waals surface area (Å²) in [5.41, 5.74) is 10.8. The van der Waals surface area contributed by atoms with Crippen molar-refractivity contribution >= 4 is 47.2 Å². The number of benzene rings is 3. The molecule has 4 rings (SSSR count). The lowest BCUT2D eigenvalue weighted by atomic mass is 9.84. The van der Waals surface area contributed by atoms with E-state index in [1.165, 1.54) is 11.1 Å². The molecule has 0 saturated heterocycles. The van der Waals surface area contributed by atoms with Crippen LogP contribution in [0.3, 0.4) is 0 Å². The molecule has 0 aromatic heterocycles. The fourth-order valence-electron chi connectivity index (χ4n) is 4.71. The highest BCUT2D eigenvalue weighted by molar-refractivity contribution is 6.37. The van der Waals surface area contributed by atoms with Crippen LogP contribution in [0.5, 0.6) is 11.5 Å². The molecular weight excluding hydrogens is 555 g/mol. The highest BCUT2D eigenvalue weighted by atomic mass is 35.5. The Labute approximate surface area is 248 Å². The molecule has 0 saturated carbocycles. The van der Waals surface area contributed by atoms with E-state index in [4.69, 9.17) is 38.4 Å². The molecule has 1 aliphatic heterocycles. The van der Waals surface area contributed by atoms with Gasteiger partial charge >= 0.3 is 0 Å². The quantitative estimate of drug-likeness (QED) is 0.266. The van der Waals surface area contributed by atoms with Crippen LogP contribution in [0.4, 0.5) is 5.69 Å². The smallest absolute Gasteiger partial charge is 0.231 e. The van der Waals surface area contributed by atoms with Crippen LogP contribution in [0, 0.1) is 5.92 Å². The van der Waals surface area contributed by atoms with Crippen molar-refractivity contribution in [3.8, 4) is 11.5 Å². The molecule has 1 aliphatic rings. The van der Waals surface area contributed by atoms with Crippen LogP contribution in [0.2, 0.25) is 10.0 Å². The number of hydrogen-bond donors (Lipinski definition) is 1. The van der Waals surface area contributed by atoms with Gasteiger partial charge in [0, 0.05) is 18.8 Å². The number of hydrogen-bond acceptors (Lipinski definition) is 4. The first-order valence-electron chi connectivity index (χ1n) is 13.1.